The maximum Gasteiger partial charge on any atom is 0.354 e. The van der Waals surface area contributed by atoms with Gasteiger partial charge in [-0.2, -0.15) is 0 Å². The number of esters is 1. The molecule has 46 heavy (non-hydrogen) atoms. The number of ether oxygens (including phenoxy) is 1. The minimum atomic E-state index is -1.34. The lowest BCUT2D eigenvalue weighted by Gasteiger charge is -2.12. The van der Waals surface area contributed by atoms with Gasteiger partial charge in [0.2, 0.25) is 0 Å². The summed E-state index contributed by atoms with van der Waals surface area (Å²) >= 11 is 0. The highest BCUT2D eigenvalue weighted by atomic mass is 16.5. The molecule has 1 aliphatic carbocycles. The molecule has 6 rings (SSSR count). The second-order valence-corrected chi connectivity index (χ2v) is 10.2. The topological polar surface area (TPSA) is 241 Å². The van der Waals surface area contributed by atoms with Crippen molar-refractivity contribution in [3.05, 3.63) is 119 Å². The highest BCUT2D eigenvalue weighted by molar-refractivity contribution is 5.96. The van der Waals surface area contributed by atoms with Gasteiger partial charge in [0.1, 0.15) is 17.1 Å². The van der Waals surface area contributed by atoms with Crippen LogP contribution < -0.4 is 38.5 Å². The van der Waals surface area contributed by atoms with E-state index < -0.39 is 28.3 Å². The molecular formula is C31H31N7O8. The minimum Gasteiger partial charge on any atom is -0.477 e. The number of nitrogens with zero attached hydrogens (tertiary/aromatic N) is 2. The van der Waals surface area contributed by atoms with Crippen LogP contribution in [0.3, 0.4) is 0 Å². The molecule has 2 aromatic heterocycles. The van der Waals surface area contributed by atoms with Crippen molar-refractivity contribution in [1.29, 1.82) is 0 Å². The number of nitrogens with two attached hydrogens (primary N) is 2. The number of anilines is 3. The molecule has 8 N–H and O–H groups in total. The largest absolute Gasteiger partial charge is 0.477 e. The highest BCUT2D eigenvalue weighted by Crippen LogP contribution is 2.29. The van der Waals surface area contributed by atoms with Gasteiger partial charge in [-0.1, -0.05) is 25.6 Å². The summed E-state index contributed by atoms with van der Waals surface area (Å²) in [5.74, 6) is -2.28. The van der Waals surface area contributed by atoms with Gasteiger partial charge in [0.05, 0.1) is 12.7 Å². The van der Waals surface area contributed by atoms with Gasteiger partial charge >= 0.3 is 11.9 Å². The van der Waals surface area contributed by atoms with Crippen molar-refractivity contribution >= 4 is 40.6 Å². The maximum atomic E-state index is 12.5. The summed E-state index contributed by atoms with van der Waals surface area (Å²) < 4.78 is 5.63. The van der Waals surface area contributed by atoms with Gasteiger partial charge < -0.3 is 31.9 Å². The number of hydrogen-bond acceptors (Lipinski definition) is 11. The molecule has 0 bridgehead atoms. The average molecular weight is 630 g/mol. The van der Waals surface area contributed by atoms with E-state index in [1.807, 2.05) is 12.1 Å². The van der Waals surface area contributed by atoms with Gasteiger partial charge in [-0.3, -0.25) is 24.3 Å². The lowest BCUT2D eigenvalue weighted by atomic mass is 10.1. The normalized spacial score (nSPS) is 13.2. The first-order valence-electron chi connectivity index (χ1n) is 13.5. The van der Waals surface area contributed by atoms with E-state index in [4.69, 9.17) is 11.5 Å². The molecule has 0 spiro atoms. The Bertz CT molecular complexity index is 2110. The van der Waals surface area contributed by atoms with Crippen LogP contribution in [0.5, 0.6) is 0 Å². The van der Waals surface area contributed by atoms with Crippen LogP contribution in [-0.4, -0.2) is 44.7 Å². The Kier molecular flexibility index (Phi) is 9.47. The van der Waals surface area contributed by atoms with Crippen LogP contribution in [0.2, 0.25) is 0 Å². The number of nitrogens with one attached hydrogen (secondary N) is 3. The van der Waals surface area contributed by atoms with Crippen molar-refractivity contribution in [3.8, 4) is 0 Å². The second-order valence-electron chi connectivity index (χ2n) is 10.2. The first kappa shape index (κ1) is 32.8. The van der Waals surface area contributed by atoms with Gasteiger partial charge in [-0.15, -0.1) is 0 Å². The molecule has 15 heteroatoms. The van der Waals surface area contributed by atoms with Crippen molar-refractivity contribution in [2.75, 3.05) is 18.2 Å². The van der Waals surface area contributed by atoms with E-state index in [1.54, 1.807) is 30.3 Å². The minimum absolute atomic E-state index is 0. The van der Waals surface area contributed by atoms with Crippen molar-refractivity contribution in [1.82, 2.24) is 19.9 Å². The molecule has 0 unspecified atom stereocenters. The van der Waals surface area contributed by atoms with Crippen LogP contribution in [0.25, 0.3) is 5.65 Å². The van der Waals surface area contributed by atoms with Gasteiger partial charge in [-0.05, 0) is 53.8 Å². The summed E-state index contributed by atoms with van der Waals surface area (Å²) in [7, 11) is 1.39. The zero-order valence-electron chi connectivity index (χ0n) is 23.7. The number of rotatable bonds is 7. The molecule has 0 radical (unpaired) electrons. The fourth-order valence-corrected chi connectivity index (χ4v) is 4.88. The Morgan fingerprint density at radius 2 is 1.85 bits per heavy atom. The van der Waals surface area contributed by atoms with Crippen LogP contribution in [0.1, 0.15) is 67.9 Å². The van der Waals surface area contributed by atoms with Gasteiger partial charge in [0.15, 0.2) is 11.3 Å². The van der Waals surface area contributed by atoms with Crippen LogP contribution in [-0.2, 0) is 17.7 Å². The Morgan fingerprint density at radius 3 is 2.54 bits per heavy atom. The van der Waals surface area contributed by atoms with Crippen LogP contribution >= 0.6 is 0 Å². The smallest absolute Gasteiger partial charge is 0.354 e. The van der Waals surface area contributed by atoms with Crippen LogP contribution in [0.4, 0.5) is 17.1 Å². The van der Waals surface area contributed by atoms with Gasteiger partial charge in [0, 0.05) is 30.4 Å². The summed E-state index contributed by atoms with van der Waals surface area (Å²) in [6, 6.07) is 14.5. The van der Waals surface area contributed by atoms with E-state index in [0.29, 0.717) is 16.8 Å². The number of carbonyl (C=O) groups excluding carboxylic acids is 2. The molecule has 0 fully saturated rings. The first-order chi connectivity index (χ1) is 21.5. The number of nitrogen functional groups attached to an aromatic ring is 1. The van der Waals surface area contributed by atoms with Crippen molar-refractivity contribution < 1.29 is 24.2 Å². The molecule has 0 saturated carbocycles. The number of aromatic carboxylic acids is 1. The molecule has 3 aromatic carbocycles. The third kappa shape index (κ3) is 6.53. The number of aromatic amines is 1. The Morgan fingerprint density at radius 1 is 1.09 bits per heavy atom. The predicted molar refractivity (Wildman–Crippen MR) is 169 cm³/mol. The van der Waals surface area contributed by atoms with Gasteiger partial charge in [0.25, 0.3) is 22.3 Å². The molecule has 0 saturated heterocycles. The van der Waals surface area contributed by atoms with Crippen LogP contribution in [0.15, 0.2) is 69.0 Å². The fraction of sp³-hybridized carbons (Fsp3) is 0.194. The lowest BCUT2D eigenvalue weighted by Crippen LogP contribution is -2.36. The number of H-pyrrole nitrogens is 1. The number of carboxylic acids is 1. The highest BCUT2D eigenvalue weighted by Gasteiger charge is 2.21. The number of fused-ring (bicyclic) bond motifs is 2. The second kappa shape index (κ2) is 13.3. The Hall–Kier alpha value is -6.09. The molecule has 5 aromatic rings. The van der Waals surface area contributed by atoms with E-state index in [2.05, 4.69) is 25.5 Å². The molecular weight excluding hydrogens is 598 g/mol. The maximum absolute atomic E-state index is 12.5. The van der Waals surface area contributed by atoms with E-state index in [0.717, 1.165) is 35.1 Å². The van der Waals surface area contributed by atoms with E-state index in [1.165, 1.54) is 12.7 Å². The average Bonchev–Trinajstić information content (AvgIpc) is 3.62. The number of carboxylic acid groups (broad SMARTS) is 1. The van der Waals surface area contributed by atoms with Crippen molar-refractivity contribution in [2.45, 2.75) is 32.9 Å². The van der Waals surface area contributed by atoms with Gasteiger partial charge in [-0.25, -0.2) is 19.1 Å². The van der Waals surface area contributed by atoms with E-state index in [-0.39, 0.29) is 54.4 Å². The number of aryl methyl sites for hydroxylation is 1. The number of amides is 1. The van der Waals surface area contributed by atoms with Crippen LogP contribution in [0, 0.1) is 0 Å². The van der Waals surface area contributed by atoms with Crippen molar-refractivity contribution in [3.63, 3.8) is 0 Å². The number of hydrogen-bond donors (Lipinski definition) is 6. The SMILES string of the molecule is C.COC(=O)c1ccc2c(c1)CC[C@@H]2N.Nc1c(Nc2cccc(CNC(=O)c3cc(C(=O)O)n4[nH]c(=O)cc4n3)c2)c(=O)c1=O. The quantitative estimate of drug-likeness (QED) is 0.111. The molecule has 15 nitrogen and oxygen atoms in total. The number of benzene rings is 2. The fourth-order valence-electron chi connectivity index (χ4n) is 4.88. The Balaban J connectivity index is 0.000000268. The summed E-state index contributed by atoms with van der Waals surface area (Å²) in [6.45, 7) is 0.0605. The standard InChI is InChI=1S/C19H14N6O6.C11H13NO2.CH4/c20-14-15(17(28)16(14)27)22-9-3-1-2-8(4-9)7-21-18(29)10-5-11(19(30)31)25-12(23-10)6-13(26)24-25;1-14-11(13)8-2-4-9-7(6-8)3-5-10(9)12;/h1-6,22H,7,20H2,(H,21,29)(H,24,26)(H,30,31);2,4,6,10H,3,5,12H2,1H3;1H4/t;10-;/m.0./s1. The molecule has 1 aliphatic rings. The summed E-state index contributed by atoms with van der Waals surface area (Å²) in [6.07, 6.45) is 1.93. The zero-order chi connectivity index (χ0) is 32.4. The van der Waals surface area contributed by atoms with E-state index in [9.17, 15) is 33.9 Å². The summed E-state index contributed by atoms with van der Waals surface area (Å²) in [4.78, 5) is 73.4. The molecule has 1 atom stereocenters. The molecule has 0 aliphatic heterocycles. The Labute approximate surface area is 260 Å². The third-order valence-electron chi connectivity index (χ3n) is 7.20. The zero-order valence-corrected chi connectivity index (χ0v) is 23.7. The number of aromatic nitrogens is 3. The monoisotopic (exact) mass is 629 g/mol. The number of methoxy groups -OCH3 is 1. The molecule has 238 valence electrons. The molecule has 2 heterocycles. The first-order valence-corrected chi connectivity index (χ1v) is 13.5. The van der Waals surface area contributed by atoms with Crippen molar-refractivity contribution in [2.24, 2.45) is 5.73 Å². The third-order valence-corrected chi connectivity index (χ3v) is 7.20. The number of carbonyl (C=O) groups is 3. The lowest BCUT2D eigenvalue weighted by molar-refractivity contribution is 0.0599. The predicted octanol–water partition coefficient (Wildman–Crippen LogP) is 1.63. The summed E-state index contributed by atoms with van der Waals surface area (Å²) in [5.41, 5.74) is 12.9. The summed E-state index contributed by atoms with van der Waals surface area (Å²) in [5, 5.41) is 17.0. The molecule has 1 amide bonds. The van der Waals surface area contributed by atoms with E-state index >= 15 is 0 Å².